The number of carbonyl (C=O) groups is 1. The normalized spacial score (nSPS) is 11.9. The highest BCUT2D eigenvalue weighted by molar-refractivity contribution is 7.99. The highest BCUT2D eigenvalue weighted by Gasteiger charge is 2.17. The first-order chi connectivity index (χ1) is 14.4. The van der Waals surface area contributed by atoms with Crippen molar-refractivity contribution < 1.29 is 9.53 Å². The predicted octanol–water partition coefficient (Wildman–Crippen LogP) is 4.56. The summed E-state index contributed by atoms with van der Waals surface area (Å²) in [4.78, 5) is 12.6. The van der Waals surface area contributed by atoms with Gasteiger partial charge < -0.3 is 10.1 Å². The van der Waals surface area contributed by atoms with Gasteiger partial charge in [-0.2, -0.15) is 0 Å². The van der Waals surface area contributed by atoms with Crippen molar-refractivity contribution in [3.8, 4) is 11.4 Å². The van der Waals surface area contributed by atoms with E-state index in [4.69, 9.17) is 4.74 Å². The number of rotatable bonds is 8. The van der Waals surface area contributed by atoms with Gasteiger partial charge in [-0.25, -0.2) is 0 Å². The molecular formula is C23H28N4O2S. The number of hydrogen-bond acceptors (Lipinski definition) is 5. The van der Waals surface area contributed by atoms with Crippen molar-refractivity contribution in [2.75, 3.05) is 12.9 Å². The molecule has 0 saturated carbocycles. The fraction of sp³-hybridized carbons (Fsp3) is 0.348. The van der Waals surface area contributed by atoms with Gasteiger partial charge in [0.1, 0.15) is 11.6 Å². The number of ether oxygens (including phenoxy) is 1. The topological polar surface area (TPSA) is 69.0 Å². The molecular weight excluding hydrogens is 396 g/mol. The van der Waals surface area contributed by atoms with E-state index in [-0.39, 0.29) is 17.7 Å². The van der Waals surface area contributed by atoms with Crippen LogP contribution in [0, 0.1) is 20.8 Å². The Hall–Kier alpha value is -2.80. The Morgan fingerprint density at radius 2 is 1.87 bits per heavy atom. The molecule has 1 amide bonds. The van der Waals surface area contributed by atoms with Gasteiger partial charge in [-0.3, -0.25) is 9.36 Å². The Morgan fingerprint density at radius 3 is 2.53 bits per heavy atom. The van der Waals surface area contributed by atoms with Crippen LogP contribution in [0.5, 0.6) is 5.75 Å². The number of thioether (sulfide) groups is 1. The summed E-state index contributed by atoms with van der Waals surface area (Å²) in [5.41, 5.74) is 4.42. The van der Waals surface area contributed by atoms with Gasteiger partial charge in [-0.05, 0) is 62.1 Å². The zero-order chi connectivity index (χ0) is 21.7. The number of nitrogens with one attached hydrogen (secondary N) is 1. The third kappa shape index (κ3) is 5.02. The molecule has 0 saturated heterocycles. The molecule has 1 unspecified atom stereocenters. The molecule has 0 bridgehead atoms. The number of hydrogen-bond donors (Lipinski definition) is 1. The number of amides is 1. The molecule has 158 valence electrons. The summed E-state index contributed by atoms with van der Waals surface area (Å²) in [6, 6.07) is 14.0. The van der Waals surface area contributed by atoms with Crippen molar-refractivity contribution >= 4 is 17.7 Å². The monoisotopic (exact) mass is 424 g/mol. The lowest BCUT2D eigenvalue weighted by Crippen LogP contribution is -2.29. The van der Waals surface area contributed by atoms with Crippen molar-refractivity contribution in [3.63, 3.8) is 0 Å². The van der Waals surface area contributed by atoms with Crippen LogP contribution >= 0.6 is 11.8 Å². The van der Waals surface area contributed by atoms with E-state index in [2.05, 4.69) is 54.5 Å². The molecule has 3 rings (SSSR count). The number of carbonyl (C=O) groups excluding carboxylic acids is 1. The lowest BCUT2D eigenvalue weighted by molar-refractivity contribution is -0.119. The quantitative estimate of drug-likeness (QED) is 0.537. The predicted molar refractivity (Wildman–Crippen MR) is 120 cm³/mol. The van der Waals surface area contributed by atoms with Gasteiger partial charge in [0.05, 0.1) is 24.6 Å². The Labute approximate surface area is 182 Å². The molecule has 2 aromatic carbocycles. The molecule has 0 fully saturated rings. The van der Waals surface area contributed by atoms with Crippen molar-refractivity contribution in [1.82, 2.24) is 20.1 Å². The van der Waals surface area contributed by atoms with Crippen LogP contribution in [-0.4, -0.2) is 33.5 Å². The number of aryl methyl sites for hydroxylation is 3. The molecule has 7 heteroatoms. The molecule has 0 aliphatic heterocycles. The fourth-order valence-corrected chi connectivity index (χ4v) is 4.10. The Bertz CT molecular complexity index is 1010. The average Bonchev–Trinajstić information content (AvgIpc) is 3.12. The maximum Gasteiger partial charge on any atom is 0.230 e. The first-order valence-electron chi connectivity index (χ1n) is 9.98. The highest BCUT2D eigenvalue weighted by atomic mass is 32.2. The second kappa shape index (κ2) is 9.80. The molecule has 1 N–H and O–H groups in total. The van der Waals surface area contributed by atoms with Gasteiger partial charge in [0.15, 0.2) is 5.16 Å². The molecule has 0 radical (unpaired) electrons. The second-order valence-electron chi connectivity index (χ2n) is 7.25. The van der Waals surface area contributed by atoms with Crippen LogP contribution in [0.3, 0.4) is 0 Å². The summed E-state index contributed by atoms with van der Waals surface area (Å²) in [7, 11) is 1.64. The van der Waals surface area contributed by atoms with Crippen LogP contribution in [0.1, 0.15) is 41.9 Å². The molecule has 3 aromatic rings. The number of benzene rings is 2. The molecule has 0 aliphatic rings. The van der Waals surface area contributed by atoms with Crippen molar-refractivity contribution in [2.45, 2.75) is 45.3 Å². The van der Waals surface area contributed by atoms with E-state index in [1.807, 2.05) is 35.8 Å². The first-order valence-corrected chi connectivity index (χ1v) is 11.0. The van der Waals surface area contributed by atoms with E-state index in [1.165, 1.54) is 17.3 Å². The first kappa shape index (κ1) is 21.9. The molecule has 1 atom stereocenters. The Kier molecular flexibility index (Phi) is 7.15. The minimum absolute atomic E-state index is 0.0316. The van der Waals surface area contributed by atoms with Crippen molar-refractivity contribution in [1.29, 1.82) is 0 Å². The third-order valence-electron chi connectivity index (χ3n) is 4.99. The van der Waals surface area contributed by atoms with Crippen LogP contribution in [-0.2, 0) is 4.79 Å². The molecule has 0 aliphatic carbocycles. The number of nitrogens with zero attached hydrogens (tertiary/aromatic N) is 3. The summed E-state index contributed by atoms with van der Waals surface area (Å²) in [5.74, 6) is 1.85. The fourth-order valence-electron chi connectivity index (χ4n) is 3.30. The molecule has 1 aromatic heterocycles. The zero-order valence-electron chi connectivity index (χ0n) is 18.1. The van der Waals surface area contributed by atoms with Crippen molar-refractivity contribution in [2.24, 2.45) is 0 Å². The highest BCUT2D eigenvalue weighted by Crippen LogP contribution is 2.25. The second-order valence-corrected chi connectivity index (χ2v) is 8.19. The van der Waals surface area contributed by atoms with Gasteiger partial charge in [0, 0.05) is 0 Å². The SMILES string of the molecule is CCC(NC(=O)CSc1nnc(C)n1-c1cc(C)ccc1C)c1ccc(OC)cc1. The lowest BCUT2D eigenvalue weighted by atomic mass is 10.0. The lowest BCUT2D eigenvalue weighted by Gasteiger charge is -2.18. The number of aromatic nitrogens is 3. The van der Waals surface area contributed by atoms with Crippen molar-refractivity contribution in [3.05, 3.63) is 65.0 Å². The van der Waals surface area contributed by atoms with E-state index in [9.17, 15) is 4.79 Å². The summed E-state index contributed by atoms with van der Waals surface area (Å²) < 4.78 is 7.23. The van der Waals surface area contributed by atoms with Gasteiger partial charge in [-0.1, -0.05) is 43.0 Å². The smallest absolute Gasteiger partial charge is 0.230 e. The van der Waals surface area contributed by atoms with Crippen LogP contribution in [0.25, 0.3) is 5.69 Å². The summed E-state index contributed by atoms with van der Waals surface area (Å²) in [5, 5.41) is 12.4. The molecule has 6 nitrogen and oxygen atoms in total. The van der Waals surface area contributed by atoms with Gasteiger partial charge in [0.25, 0.3) is 0 Å². The molecule has 1 heterocycles. The van der Waals surface area contributed by atoms with Crippen LogP contribution in [0.4, 0.5) is 0 Å². The average molecular weight is 425 g/mol. The summed E-state index contributed by atoms with van der Waals surface area (Å²) in [6.07, 6.45) is 0.806. The maximum absolute atomic E-state index is 12.6. The van der Waals surface area contributed by atoms with Crippen LogP contribution in [0.2, 0.25) is 0 Å². The van der Waals surface area contributed by atoms with E-state index in [0.29, 0.717) is 5.16 Å². The summed E-state index contributed by atoms with van der Waals surface area (Å²) >= 11 is 1.40. The summed E-state index contributed by atoms with van der Waals surface area (Å²) in [6.45, 7) is 8.11. The zero-order valence-corrected chi connectivity index (χ0v) is 18.9. The minimum atomic E-state index is -0.0392. The van der Waals surface area contributed by atoms with Gasteiger partial charge >= 0.3 is 0 Å². The Morgan fingerprint density at radius 1 is 1.13 bits per heavy atom. The van der Waals surface area contributed by atoms with E-state index in [0.717, 1.165) is 34.8 Å². The van der Waals surface area contributed by atoms with E-state index < -0.39 is 0 Å². The van der Waals surface area contributed by atoms with Gasteiger partial charge in [-0.15, -0.1) is 10.2 Å². The van der Waals surface area contributed by atoms with Crippen LogP contribution < -0.4 is 10.1 Å². The largest absolute Gasteiger partial charge is 0.497 e. The number of methoxy groups -OCH3 is 1. The van der Waals surface area contributed by atoms with Crippen LogP contribution in [0.15, 0.2) is 47.6 Å². The Balaban J connectivity index is 1.69. The van der Waals surface area contributed by atoms with E-state index >= 15 is 0 Å². The molecule has 30 heavy (non-hydrogen) atoms. The standard InChI is InChI=1S/C23H28N4O2S/c1-6-20(18-9-11-19(29-5)12-10-18)24-22(28)14-30-23-26-25-17(4)27(23)21-13-15(2)7-8-16(21)3/h7-13,20H,6,14H2,1-5H3,(H,24,28). The minimum Gasteiger partial charge on any atom is -0.497 e. The maximum atomic E-state index is 12.6. The van der Waals surface area contributed by atoms with Gasteiger partial charge in [0.2, 0.25) is 5.91 Å². The van der Waals surface area contributed by atoms with E-state index in [1.54, 1.807) is 7.11 Å². The third-order valence-corrected chi connectivity index (χ3v) is 5.92. The molecule has 0 spiro atoms.